The van der Waals surface area contributed by atoms with Gasteiger partial charge in [0.25, 0.3) is 5.56 Å². The van der Waals surface area contributed by atoms with Crippen molar-refractivity contribution in [3.05, 3.63) is 86.3 Å². The molecule has 7 nitrogen and oxygen atoms in total. The molecule has 170 valence electrons. The van der Waals surface area contributed by atoms with Gasteiger partial charge in [0.2, 0.25) is 10.0 Å². The molecule has 0 bridgehead atoms. The number of fused-ring (bicyclic) bond motifs is 2. The Kier molecular flexibility index (Phi) is 5.69. The summed E-state index contributed by atoms with van der Waals surface area (Å²) < 4.78 is 39.6. The highest BCUT2D eigenvalue weighted by Crippen LogP contribution is 2.34. The smallest absolute Gasteiger partial charge is 0.252 e. The highest BCUT2D eigenvalue weighted by atomic mass is 32.2. The zero-order chi connectivity index (χ0) is 23.0. The Morgan fingerprint density at radius 2 is 1.73 bits per heavy atom. The number of ether oxygens (including phenoxy) is 2. The number of aryl methyl sites for hydroxylation is 1. The van der Waals surface area contributed by atoms with E-state index in [0.717, 1.165) is 15.8 Å². The number of nitrogens with zero attached hydrogens (tertiary/aromatic N) is 1. The van der Waals surface area contributed by atoms with Gasteiger partial charge in [-0.15, -0.1) is 11.3 Å². The predicted molar refractivity (Wildman–Crippen MR) is 127 cm³/mol. The second-order valence-corrected chi connectivity index (χ2v) is 10.8. The van der Waals surface area contributed by atoms with Crippen LogP contribution in [0, 0.1) is 6.92 Å². The summed E-state index contributed by atoms with van der Waals surface area (Å²) in [6, 6.07) is 15.8. The number of rotatable bonds is 6. The third-order valence-corrected chi connectivity index (χ3v) is 8.17. The summed E-state index contributed by atoms with van der Waals surface area (Å²) >= 11 is 1.48. The Balaban J connectivity index is 1.55. The maximum absolute atomic E-state index is 13.5. The molecule has 0 amide bonds. The van der Waals surface area contributed by atoms with E-state index in [-0.39, 0.29) is 23.5 Å². The van der Waals surface area contributed by atoms with Crippen LogP contribution < -0.4 is 15.0 Å². The van der Waals surface area contributed by atoms with E-state index in [9.17, 15) is 13.2 Å². The van der Waals surface area contributed by atoms with E-state index in [4.69, 9.17) is 9.47 Å². The second kappa shape index (κ2) is 8.66. The highest BCUT2D eigenvalue weighted by Gasteiger charge is 2.26. The first-order valence-corrected chi connectivity index (χ1v) is 12.8. The number of nitrogens with one attached hydrogen (secondary N) is 1. The number of hydrogen-bond donors (Lipinski definition) is 1. The Morgan fingerprint density at radius 1 is 1.00 bits per heavy atom. The highest BCUT2D eigenvalue weighted by molar-refractivity contribution is 7.89. The normalized spacial score (nSPS) is 13.5. The van der Waals surface area contributed by atoms with Crippen LogP contribution in [0.1, 0.15) is 16.0 Å². The Hall–Kier alpha value is -3.14. The molecule has 4 aromatic rings. The number of sulfonamides is 1. The number of benzene rings is 2. The third kappa shape index (κ3) is 4.39. The van der Waals surface area contributed by atoms with Gasteiger partial charge in [0, 0.05) is 35.0 Å². The number of H-pyrrole nitrogens is 1. The van der Waals surface area contributed by atoms with Gasteiger partial charge in [0.1, 0.15) is 13.2 Å². The summed E-state index contributed by atoms with van der Waals surface area (Å²) in [7, 11) is -3.83. The van der Waals surface area contributed by atoms with E-state index in [1.54, 1.807) is 42.5 Å². The maximum Gasteiger partial charge on any atom is 0.252 e. The van der Waals surface area contributed by atoms with Crippen molar-refractivity contribution in [1.82, 2.24) is 9.29 Å². The van der Waals surface area contributed by atoms with Crippen LogP contribution in [0.25, 0.3) is 10.9 Å². The van der Waals surface area contributed by atoms with Crippen molar-refractivity contribution in [3.63, 3.8) is 0 Å². The van der Waals surface area contributed by atoms with Crippen LogP contribution in [0.3, 0.4) is 0 Å². The largest absolute Gasteiger partial charge is 0.486 e. The van der Waals surface area contributed by atoms with Gasteiger partial charge in [-0.25, -0.2) is 8.42 Å². The van der Waals surface area contributed by atoms with E-state index in [0.29, 0.717) is 35.8 Å². The van der Waals surface area contributed by atoms with Crippen LogP contribution in [-0.2, 0) is 23.1 Å². The van der Waals surface area contributed by atoms with Crippen molar-refractivity contribution < 1.29 is 17.9 Å². The van der Waals surface area contributed by atoms with Crippen LogP contribution in [0.5, 0.6) is 11.5 Å². The van der Waals surface area contributed by atoms with E-state index in [2.05, 4.69) is 4.98 Å². The molecule has 0 fully saturated rings. The van der Waals surface area contributed by atoms with E-state index < -0.39 is 10.0 Å². The van der Waals surface area contributed by atoms with Gasteiger partial charge in [-0.3, -0.25) is 4.79 Å². The fraction of sp³-hybridized carbons (Fsp3) is 0.208. The molecule has 33 heavy (non-hydrogen) atoms. The molecule has 0 radical (unpaired) electrons. The van der Waals surface area contributed by atoms with Crippen molar-refractivity contribution >= 4 is 32.3 Å². The lowest BCUT2D eigenvalue weighted by molar-refractivity contribution is 0.172. The Bertz CT molecular complexity index is 1460. The van der Waals surface area contributed by atoms with E-state index in [1.165, 1.54) is 15.6 Å². The molecule has 0 unspecified atom stereocenters. The minimum atomic E-state index is -3.83. The molecule has 0 atom stereocenters. The number of pyridine rings is 1. The summed E-state index contributed by atoms with van der Waals surface area (Å²) in [6.45, 7) is 2.93. The molecule has 1 N–H and O–H groups in total. The minimum absolute atomic E-state index is 0.0617. The van der Waals surface area contributed by atoms with Crippen molar-refractivity contribution in [1.29, 1.82) is 0 Å². The van der Waals surface area contributed by atoms with E-state index >= 15 is 0 Å². The molecule has 5 rings (SSSR count). The summed E-state index contributed by atoms with van der Waals surface area (Å²) in [5.41, 5.74) is 1.60. The summed E-state index contributed by atoms with van der Waals surface area (Å²) in [5, 5.41) is 2.65. The topological polar surface area (TPSA) is 88.7 Å². The molecule has 3 heterocycles. The first-order chi connectivity index (χ1) is 15.9. The minimum Gasteiger partial charge on any atom is -0.486 e. The van der Waals surface area contributed by atoms with E-state index in [1.807, 2.05) is 24.4 Å². The molecule has 2 aromatic heterocycles. The lowest BCUT2D eigenvalue weighted by atomic mass is 10.1. The Labute approximate surface area is 195 Å². The first kappa shape index (κ1) is 21.7. The molecule has 0 aliphatic carbocycles. The van der Waals surface area contributed by atoms with Crippen molar-refractivity contribution in [2.24, 2.45) is 0 Å². The number of thiophene rings is 1. The van der Waals surface area contributed by atoms with Crippen molar-refractivity contribution in [3.8, 4) is 11.5 Å². The zero-order valence-electron chi connectivity index (χ0n) is 17.9. The summed E-state index contributed by atoms with van der Waals surface area (Å²) in [6.07, 6.45) is 0. The van der Waals surface area contributed by atoms with Crippen molar-refractivity contribution in [2.45, 2.75) is 24.9 Å². The average Bonchev–Trinajstić information content (AvgIpc) is 3.31. The number of aromatic amines is 1. The molecule has 0 spiro atoms. The van der Waals surface area contributed by atoms with Gasteiger partial charge in [-0.05, 0) is 42.6 Å². The Morgan fingerprint density at radius 3 is 2.42 bits per heavy atom. The number of hydrogen-bond acceptors (Lipinski definition) is 6. The first-order valence-electron chi connectivity index (χ1n) is 10.4. The second-order valence-electron chi connectivity index (χ2n) is 7.87. The quantitative estimate of drug-likeness (QED) is 0.448. The van der Waals surface area contributed by atoms with Crippen LogP contribution in [0.4, 0.5) is 0 Å². The lowest BCUT2D eigenvalue weighted by Gasteiger charge is -2.22. The maximum atomic E-state index is 13.5. The molecular weight excluding hydrogens is 460 g/mol. The summed E-state index contributed by atoms with van der Waals surface area (Å²) in [5.74, 6) is 1.19. The molecule has 1 aliphatic heterocycles. The van der Waals surface area contributed by atoms with Gasteiger partial charge in [0.05, 0.1) is 10.4 Å². The van der Waals surface area contributed by atoms with Crippen LogP contribution in [-0.4, -0.2) is 30.9 Å². The molecule has 1 aliphatic rings. The monoisotopic (exact) mass is 482 g/mol. The molecule has 9 heteroatoms. The van der Waals surface area contributed by atoms with Crippen LogP contribution in [0.2, 0.25) is 0 Å². The standard InChI is InChI=1S/C24H22N2O5S2/c1-16-4-6-20(7-5-16)33(28,29)26(15-19-3-2-10-32-19)14-18-11-17-12-22-23(31-9-8-30-22)13-21(17)25-24(18)27/h2-7,10-13H,8-9,14-15H2,1H3,(H,25,27). The van der Waals surface area contributed by atoms with Gasteiger partial charge in [0.15, 0.2) is 11.5 Å². The average molecular weight is 483 g/mol. The van der Waals surface area contributed by atoms with Crippen molar-refractivity contribution in [2.75, 3.05) is 13.2 Å². The van der Waals surface area contributed by atoms with Gasteiger partial charge >= 0.3 is 0 Å². The zero-order valence-corrected chi connectivity index (χ0v) is 19.5. The fourth-order valence-corrected chi connectivity index (χ4v) is 5.95. The molecule has 0 saturated carbocycles. The molecular formula is C24H22N2O5S2. The number of aromatic nitrogens is 1. The SMILES string of the molecule is Cc1ccc(S(=O)(=O)N(Cc2cccs2)Cc2cc3cc4c(cc3[nH]c2=O)OCCO4)cc1. The summed E-state index contributed by atoms with van der Waals surface area (Å²) in [4.78, 5) is 16.8. The fourth-order valence-electron chi connectivity index (χ4n) is 3.76. The van der Waals surface area contributed by atoms with Gasteiger partial charge < -0.3 is 14.5 Å². The van der Waals surface area contributed by atoms with Gasteiger partial charge in [-0.2, -0.15) is 4.31 Å². The lowest BCUT2D eigenvalue weighted by Crippen LogP contribution is -2.32. The predicted octanol–water partition coefficient (Wildman–Crippen LogP) is 4.06. The van der Waals surface area contributed by atoms with Crippen LogP contribution >= 0.6 is 11.3 Å². The molecule has 0 saturated heterocycles. The van der Waals surface area contributed by atoms with Crippen LogP contribution in [0.15, 0.2) is 69.7 Å². The van der Waals surface area contributed by atoms with Gasteiger partial charge in [-0.1, -0.05) is 23.8 Å². The molecule has 2 aromatic carbocycles. The third-order valence-electron chi connectivity index (χ3n) is 5.50.